The van der Waals surface area contributed by atoms with E-state index in [9.17, 15) is 9.59 Å². The molecule has 0 aromatic heterocycles. The second-order valence-electron chi connectivity index (χ2n) is 4.48. The SMILES string of the molecule is COc1cccc(OCC(=O)NNC(=O)c2ccc(Br)cc2)c1. The molecule has 0 aliphatic heterocycles. The third-order valence-corrected chi connectivity index (χ3v) is 3.36. The monoisotopic (exact) mass is 378 g/mol. The summed E-state index contributed by atoms with van der Waals surface area (Å²) in [6.45, 7) is -0.228. The second kappa shape index (κ2) is 8.19. The van der Waals surface area contributed by atoms with E-state index >= 15 is 0 Å². The quantitative estimate of drug-likeness (QED) is 0.782. The van der Waals surface area contributed by atoms with Gasteiger partial charge in [0.25, 0.3) is 11.8 Å². The van der Waals surface area contributed by atoms with Gasteiger partial charge in [-0.3, -0.25) is 20.4 Å². The van der Waals surface area contributed by atoms with Crippen molar-refractivity contribution in [2.75, 3.05) is 13.7 Å². The zero-order chi connectivity index (χ0) is 16.7. The molecule has 7 heteroatoms. The van der Waals surface area contributed by atoms with Gasteiger partial charge in [-0.2, -0.15) is 0 Å². The minimum Gasteiger partial charge on any atom is -0.497 e. The maximum Gasteiger partial charge on any atom is 0.276 e. The van der Waals surface area contributed by atoms with Gasteiger partial charge in [-0.15, -0.1) is 0 Å². The summed E-state index contributed by atoms with van der Waals surface area (Å²) < 4.78 is 11.2. The maximum absolute atomic E-state index is 11.8. The van der Waals surface area contributed by atoms with Crippen molar-refractivity contribution in [3.63, 3.8) is 0 Å². The maximum atomic E-state index is 11.8. The first-order valence-electron chi connectivity index (χ1n) is 6.70. The molecular formula is C16H15BrN2O4. The molecule has 23 heavy (non-hydrogen) atoms. The molecule has 0 atom stereocenters. The van der Waals surface area contributed by atoms with Crippen molar-refractivity contribution in [2.45, 2.75) is 0 Å². The molecule has 0 bridgehead atoms. The Morgan fingerprint density at radius 1 is 1.04 bits per heavy atom. The second-order valence-corrected chi connectivity index (χ2v) is 5.39. The molecule has 0 heterocycles. The number of ether oxygens (including phenoxy) is 2. The Morgan fingerprint density at radius 3 is 2.43 bits per heavy atom. The average Bonchev–Trinajstić information content (AvgIpc) is 2.58. The lowest BCUT2D eigenvalue weighted by molar-refractivity contribution is -0.123. The molecule has 0 saturated carbocycles. The molecule has 0 unspecified atom stereocenters. The fourth-order valence-corrected chi connectivity index (χ4v) is 1.94. The summed E-state index contributed by atoms with van der Waals surface area (Å²) in [5.41, 5.74) is 5.04. The Balaban J connectivity index is 1.78. The zero-order valence-electron chi connectivity index (χ0n) is 12.3. The van der Waals surface area contributed by atoms with Gasteiger partial charge in [0.2, 0.25) is 0 Å². The van der Waals surface area contributed by atoms with Crippen LogP contribution in [0.4, 0.5) is 0 Å². The van der Waals surface area contributed by atoms with Gasteiger partial charge in [-0.25, -0.2) is 0 Å². The van der Waals surface area contributed by atoms with Crippen LogP contribution in [0.3, 0.4) is 0 Å². The number of carbonyl (C=O) groups is 2. The fraction of sp³-hybridized carbons (Fsp3) is 0.125. The predicted octanol–water partition coefficient (Wildman–Crippen LogP) is 2.30. The summed E-state index contributed by atoms with van der Waals surface area (Å²) in [6.07, 6.45) is 0. The Morgan fingerprint density at radius 2 is 1.74 bits per heavy atom. The van der Waals surface area contributed by atoms with Gasteiger partial charge < -0.3 is 9.47 Å². The van der Waals surface area contributed by atoms with Gasteiger partial charge in [0, 0.05) is 16.1 Å². The summed E-state index contributed by atoms with van der Waals surface area (Å²) in [5, 5.41) is 0. The van der Waals surface area contributed by atoms with E-state index in [1.54, 1.807) is 55.6 Å². The van der Waals surface area contributed by atoms with E-state index in [-0.39, 0.29) is 6.61 Å². The van der Waals surface area contributed by atoms with Gasteiger partial charge in [-0.1, -0.05) is 22.0 Å². The first-order valence-corrected chi connectivity index (χ1v) is 7.49. The van der Waals surface area contributed by atoms with Crippen molar-refractivity contribution in [3.8, 4) is 11.5 Å². The third kappa shape index (κ3) is 5.30. The zero-order valence-corrected chi connectivity index (χ0v) is 13.9. The van der Waals surface area contributed by atoms with Crippen LogP contribution in [0.2, 0.25) is 0 Å². The van der Waals surface area contributed by atoms with Crippen LogP contribution in [0.1, 0.15) is 10.4 Å². The van der Waals surface area contributed by atoms with E-state index < -0.39 is 11.8 Å². The highest BCUT2D eigenvalue weighted by Crippen LogP contribution is 2.18. The van der Waals surface area contributed by atoms with E-state index in [0.717, 1.165) is 4.47 Å². The highest BCUT2D eigenvalue weighted by Gasteiger charge is 2.08. The van der Waals surface area contributed by atoms with Gasteiger partial charge in [-0.05, 0) is 36.4 Å². The topological polar surface area (TPSA) is 76.7 Å². The van der Waals surface area contributed by atoms with Gasteiger partial charge in [0.15, 0.2) is 6.61 Å². The Hall–Kier alpha value is -2.54. The number of hydrogen-bond acceptors (Lipinski definition) is 4. The number of rotatable bonds is 5. The minimum absolute atomic E-state index is 0.228. The van der Waals surface area contributed by atoms with E-state index in [1.165, 1.54) is 0 Å². The number of halogens is 1. The lowest BCUT2D eigenvalue weighted by atomic mass is 10.2. The molecule has 2 amide bonds. The molecule has 0 radical (unpaired) electrons. The van der Waals surface area contributed by atoms with Crippen LogP contribution < -0.4 is 20.3 Å². The molecule has 0 spiro atoms. The average molecular weight is 379 g/mol. The number of amides is 2. The fourth-order valence-electron chi connectivity index (χ4n) is 1.68. The molecule has 0 fully saturated rings. The standard InChI is InChI=1S/C16H15BrN2O4/c1-22-13-3-2-4-14(9-13)23-10-15(20)18-19-16(21)11-5-7-12(17)8-6-11/h2-9H,10H2,1H3,(H,18,20)(H,19,21). The Labute approximate surface area is 141 Å². The van der Waals surface area contributed by atoms with E-state index in [1.807, 2.05) is 0 Å². The number of nitrogens with one attached hydrogen (secondary N) is 2. The Bertz CT molecular complexity index is 689. The molecule has 0 aliphatic carbocycles. The smallest absolute Gasteiger partial charge is 0.276 e. The van der Waals surface area contributed by atoms with Crippen molar-refractivity contribution in [2.24, 2.45) is 0 Å². The number of carbonyl (C=O) groups excluding carboxylic acids is 2. The number of hydrazine groups is 1. The molecule has 2 rings (SSSR count). The van der Waals surface area contributed by atoms with Crippen LogP contribution in [0.5, 0.6) is 11.5 Å². The molecule has 0 aliphatic rings. The van der Waals surface area contributed by atoms with Crippen LogP contribution in [0.25, 0.3) is 0 Å². The van der Waals surface area contributed by atoms with E-state index in [0.29, 0.717) is 17.1 Å². The largest absolute Gasteiger partial charge is 0.497 e. The van der Waals surface area contributed by atoms with Gasteiger partial charge in [0.05, 0.1) is 7.11 Å². The highest BCUT2D eigenvalue weighted by atomic mass is 79.9. The summed E-state index contributed by atoms with van der Waals surface area (Å²) in [4.78, 5) is 23.5. The van der Waals surface area contributed by atoms with Crippen LogP contribution in [-0.2, 0) is 4.79 Å². The van der Waals surface area contributed by atoms with Crippen molar-refractivity contribution in [1.82, 2.24) is 10.9 Å². The summed E-state index contributed by atoms with van der Waals surface area (Å²) in [5.74, 6) is 0.246. The molecule has 120 valence electrons. The molecule has 6 nitrogen and oxygen atoms in total. The molecular weight excluding hydrogens is 364 g/mol. The van der Waals surface area contributed by atoms with Crippen molar-refractivity contribution in [3.05, 3.63) is 58.6 Å². The van der Waals surface area contributed by atoms with E-state index in [2.05, 4.69) is 26.8 Å². The lowest BCUT2D eigenvalue weighted by Gasteiger charge is -2.09. The van der Waals surface area contributed by atoms with Crippen molar-refractivity contribution in [1.29, 1.82) is 0 Å². The first kappa shape index (κ1) is 16.8. The number of benzene rings is 2. The van der Waals surface area contributed by atoms with Crippen LogP contribution >= 0.6 is 15.9 Å². The van der Waals surface area contributed by atoms with Gasteiger partial charge in [0.1, 0.15) is 11.5 Å². The number of methoxy groups -OCH3 is 1. The molecule has 2 aromatic rings. The van der Waals surface area contributed by atoms with Crippen molar-refractivity contribution < 1.29 is 19.1 Å². The molecule has 2 N–H and O–H groups in total. The molecule has 0 saturated heterocycles. The van der Waals surface area contributed by atoms with Crippen LogP contribution in [0.15, 0.2) is 53.0 Å². The lowest BCUT2D eigenvalue weighted by Crippen LogP contribution is -2.43. The van der Waals surface area contributed by atoms with Gasteiger partial charge >= 0.3 is 0 Å². The first-order chi connectivity index (χ1) is 11.1. The minimum atomic E-state index is -0.474. The van der Waals surface area contributed by atoms with E-state index in [4.69, 9.17) is 9.47 Å². The third-order valence-electron chi connectivity index (χ3n) is 2.83. The highest BCUT2D eigenvalue weighted by molar-refractivity contribution is 9.10. The molecule has 2 aromatic carbocycles. The summed E-state index contributed by atoms with van der Waals surface area (Å²) in [6, 6.07) is 13.6. The number of hydrogen-bond donors (Lipinski definition) is 2. The summed E-state index contributed by atoms with van der Waals surface area (Å²) >= 11 is 3.28. The normalized spacial score (nSPS) is 9.83. The van der Waals surface area contributed by atoms with Crippen LogP contribution in [-0.4, -0.2) is 25.5 Å². The summed E-state index contributed by atoms with van der Waals surface area (Å²) in [7, 11) is 1.55. The predicted molar refractivity (Wildman–Crippen MR) is 88.2 cm³/mol. The Kier molecular flexibility index (Phi) is 5.99. The van der Waals surface area contributed by atoms with Crippen LogP contribution in [0, 0.1) is 0 Å². The van der Waals surface area contributed by atoms with Crippen molar-refractivity contribution >= 4 is 27.7 Å².